The monoisotopic (exact) mass is 317 g/mol. The largest absolute Gasteiger partial charge is 0.380 e. The van der Waals surface area contributed by atoms with Gasteiger partial charge in [0.05, 0.1) is 12.3 Å². The fourth-order valence-corrected chi connectivity index (χ4v) is 2.95. The van der Waals surface area contributed by atoms with Crippen LogP contribution in [0.25, 0.3) is 0 Å². The first kappa shape index (κ1) is 15.7. The van der Waals surface area contributed by atoms with Crippen molar-refractivity contribution in [3.8, 4) is 0 Å². The van der Waals surface area contributed by atoms with Crippen LogP contribution in [0.15, 0.2) is 24.4 Å². The van der Waals surface area contributed by atoms with Gasteiger partial charge in [-0.2, -0.15) is 0 Å². The molecule has 0 saturated heterocycles. The Balaban J connectivity index is 1.69. The molecule has 122 valence electrons. The summed E-state index contributed by atoms with van der Waals surface area (Å²) in [5, 5.41) is 3.02. The van der Waals surface area contributed by atoms with Gasteiger partial charge < -0.3 is 14.6 Å². The molecule has 3 rings (SSSR count). The minimum absolute atomic E-state index is 0.0551. The topological polar surface area (TPSA) is 56.1 Å². The standard InChI is InChI=1S/C17H20FN3O2/c1-11-8-21-9-14(4-6-16(21)19-11)20-17(22)12-3-5-15(18)13(7-12)10-23-2/h3,5,7-8,14H,4,6,9-10H2,1-2H3,(H,20,22)/t14-/m1/s1. The van der Waals surface area contributed by atoms with E-state index >= 15 is 0 Å². The minimum Gasteiger partial charge on any atom is -0.380 e. The highest BCUT2D eigenvalue weighted by Crippen LogP contribution is 2.16. The van der Waals surface area contributed by atoms with Crippen molar-refractivity contribution in [2.45, 2.75) is 39.0 Å². The van der Waals surface area contributed by atoms with Crippen LogP contribution < -0.4 is 5.32 Å². The van der Waals surface area contributed by atoms with Crippen molar-refractivity contribution in [2.75, 3.05) is 7.11 Å². The lowest BCUT2D eigenvalue weighted by Crippen LogP contribution is -2.40. The van der Waals surface area contributed by atoms with E-state index in [0.717, 1.165) is 24.4 Å². The van der Waals surface area contributed by atoms with E-state index < -0.39 is 0 Å². The summed E-state index contributed by atoms with van der Waals surface area (Å²) in [5.41, 5.74) is 1.83. The Morgan fingerprint density at radius 3 is 3.13 bits per heavy atom. The van der Waals surface area contributed by atoms with Gasteiger partial charge in [0.1, 0.15) is 11.6 Å². The quantitative estimate of drug-likeness (QED) is 0.941. The molecule has 0 saturated carbocycles. The number of benzene rings is 1. The van der Waals surface area contributed by atoms with Crippen LogP contribution in [0.4, 0.5) is 4.39 Å². The Bertz CT molecular complexity index is 727. The van der Waals surface area contributed by atoms with Gasteiger partial charge in [0.15, 0.2) is 0 Å². The van der Waals surface area contributed by atoms with E-state index in [0.29, 0.717) is 17.7 Å². The number of aryl methyl sites for hydroxylation is 2. The molecule has 0 aliphatic carbocycles. The van der Waals surface area contributed by atoms with Crippen LogP contribution in [-0.4, -0.2) is 28.6 Å². The second-order valence-corrected chi connectivity index (χ2v) is 5.90. The third-order valence-corrected chi connectivity index (χ3v) is 4.06. The van der Waals surface area contributed by atoms with E-state index in [1.807, 2.05) is 13.1 Å². The maximum atomic E-state index is 13.6. The predicted molar refractivity (Wildman–Crippen MR) is 83.7 cm³/mol. The maximum absolute atomic E-state index is 13.6. The number of carbonyl (C=O) groups is 1. The fourth-order valence-electron chi connectivity index (χ4n) is 2.95. The third kappa shape index (κ3) is 3.42. The number of rotatable bonds is 4. The lowest BCUT2D eigenvalue weighted by atomic mass is 10.1. The molecule has 23 heavy (non-hydrogen) atoms. The summed E-state index contributed by atoms with van der Waals surface area (Å²) < 4.78 is 20.7. The summed E-state index contributed by atoms with van der Waals surface area (Å²) in [6.45, 7) is 2.83. The molecule has 0 unspecified atom stereocenters. The summed E-state index contributed by atoms with van der Waals surface area (Å²) in [6, 6.07) is 4.41. The van der Waals surface area contributed by atoms with Crippen molar-refractivity contribution in [2.24, 2.45) is 0 Å². The molecule has 0 spiro atoms. The van der Waals surface area contributed by atoms with Gasteiger partial charge in [-0.15, -0.1) is 0 Å². The first-order chi connectivity index (χ1) is 11.1. The van der Waals surface area contributed by atoms with E-state index in [-0.39, 0.29) is 24.4 Å². The molecule has 1 amide bonds. The van der Waals surface area contributed by atoms with Gasteiger partial charge in [-0.3, -0.25) is 4.79 Å². The lowest BCUT2D eigenvalue weighted by molar-refractivity contribution is 0.0927. The highest BCUT2D eigenvalue weighted by atomic mass is 19.1. The summed E-state index contributed by atoms with van der Waals surface area (Å²) in [5.74, 6) is 0.518. The Kier molecular flexibility index (Phi) is 4.43. The normalized spacial score (nSPS) is 16.9. The summed E-state index contributed by atoms with van der Waals surface area (Å²) in [4.78, 5) is 16.9. The Morgan fingerprint density at radius 1 is 1.52 bits per heavy atom. The smallest absolute Gasteiger partial charge is 0.251 e. The molecule has 1 aliphatic rings. The van der Waals surface area contributed by atoms with Crippen molar-refractivity contribution < 1.29 is 13.9 Å². The number of hydrogen-bond acceptors (Lipinski definition) is 3. The van der Waals surface area contributed by atoms with Crippen LogP contribution in [-0.2, 0) is 24.3 Å². The van der Waals surface area contributed by atoms with Crippen molar-refractivity contribution in [3.63, 3.8) is 0 Å². The van der Waals surface area contributed by atoms with Crippen LogP contribution in [0, 0.1) is 12.7 Å². The Morgan fingerprint density at radius 2 is 2.35 bits per heavy atom. The van der Waals surface area contributed by atoms with Crippen LogP contribution in [0.1, 0.15) is 33.9 Å². The van der Waals surface area contributed by atoms with Gasteiger partial charge in [-0.1, -0.05) is 0 Å². The van der Waals surface area contributed by atoms with Crippen molar-refractivity contribution in [1.82, 2.24) is 14.9 Å². The van der Waals surface area contributed by atoms with Gasteiger partial charge in [-0.25, -0.2) is 9.37 Å². The maximum Gasteiger partial charge on any atom is 0.251 e. The number of ether oxygens (including phenoxy) is 1. The molecule has 0 bridgehead atoms. The van der Waals surface area contributed by atoms with Crippen LogP contribution >= 0.6 is 0 Å². The number of aromatic nitrogens is 2. The van der Waals surface area contributed by atoms with Gasteiger partial charge in [0, 0.05) is 43.4 Å². The number of amides is 1. The summed E-state index contributed by atoms with van der Waals surface area (Å²) in [7, 11) is 1.50. The first-order valence-corrected chi connectivity index (χ1v) is 7.67. The molecule has 1 aliphatic heterocycles. The van der Waals surface area contributed by atoms with Crippen molar-refractivity contribution in [1.29, 1.82) is 0 Å². The third-order valence-electron chi connectivity index (χ3n) is 4.06. The molecule has 1 atom stereocenters. The first-order valence-electron chi connectivity index (χ1n) is 7.67. The molecule has 0 radical (unpaired) electrons. The molecular weight excluding hydrogens is 297 g/mol. The number of carbonyl (C=O) groups excluding carboxylic acids is 1. The average Bonchev–Trinajstić information content (AvgIpc) is 2.89. The average molecular weight is 317 g/mol. The zero-order valence-electron chi connectivity index (χ0n) is 13.3. The minimum atomic E-state index is -0.361. The van der Waals surface area contributed by atoms with Crippen LogP contribution in [0.5, 0.6) is 0 Å². The zero-order valence-corrected chi connectivity index (χ0v) is 13.3. The van der Waals surface area contributed by atoms with Crippen LogP contribution in [0.2, 0.25) is 0 Å². The molecule has 2 aromatic rings. The molecule has 1 N–H and O–H groups in total. The van der Waals surface area contributed by atoms with E-state index in [1.54, 1.807) is 6.07 Å². The molecule has 1 aromatic carbocycles. The van der Waals surface area contributed by atoms with Crippen molar-refractivity contribution in [3.05, 3.63) is 52.9 Å². The fraction of sp³-hybridized carbons (Fsp3) is 0.412. The molecule has 1 aromatic heterocycles. The molecular formula is C17H20FN3O2. The number of nitrogens with one attached hydrogen (secondary N) is 1. The number of imidazole rings is 1. The van der Waals surface area contributed by atoms with Gasteiger partial charge >= 0.3 is 0 Å². The number of fused-ring (bicyclic) bond motifs is 1. The lowest BCUT2D eigenvalue weighted by Gasteiger charge is -2.24. The summed E-state index contributed by atoms with van der Waals surface area (Å²) in [6.07, 6.45) is 3.70. The molecule has 2 heterocycles. The van der Waals surface area contributed by atoms with Crippen LogP contribution in [0.3, 0.4) is 0 Å². The highest BCUT2D eigenvalue weighted by molar-refractivity contribution is 5.94. The van der Waals surface area contributed by atoms with Gasteiger partial charge in [0.25, 0.3) is 5.91 Å². The zero-order chi connectivity index (χ0) is 16.4. The van der Waals surface area contributed by atoms with E-state index in [9.17, 15) is 9.18 Å². The molecule has 6 heteroatoms. The second-order valence-electron chi connectivity index (χ2n) is 5.90. The highest BCUT2D eigenvalue weighted by Gasteiger charge is 2.22. The Labute approximate surface area is 134 Å². The summed E-state index contributed by atoms with van der Waals surface area (Å²) >= 11 is 0. The molecule has 0 fully saturated rings. The number of hydrogen-bond donors (Lipinski definition) is 1. The van der Waals surface area contributed by atoms with Gasteiger partial charge in [0.2, 0.25) is 0 Å². The van der Waals surface area contributed by atoms with E-state index in [2.05, 4.69) is 14.9 Å². The van der Waals surface area contributed by atoms with E-state index in [4.69, 9.17) is 4.74 Å². The molecule has 5 nitrogen and oxygen atoms in total. The Hall–Kier alpha value is -2.21. The number of nitrogens with zero attached hydrogens (tertiary/aromatic N) is 2. The number of halogens is 1. The second kappa shape index (κ2) is 6.50. The number of methoxy groups -OCH3 is 1. The predicted octanol–water partition coefficient (Wildman–Crippen LogP) is 2.22. The van der Waals surface area contributed by atoms with Gasteiger partial charge in [-0.05, 0) is 31.5 Å². The van der Waals surface area contributed by atoms with Crippen molar-refractivity contribution >= 4 is 5.91 Å². The SMILES string of the molecule is COCc1cc(C(=O)N[C@@H]2CCc3nc(C)cn3C2)ccc1F. The van der Waals surface area contributed by atoms with E-state index in [1.165, 1.54) is 19.2 Å².